The average molecular weight is 240 g/mol. The zero-order valence-corrected chi connectivity index (χ0v) is 9.92. The van der Waals surface area contributed by atoms with Crippen molar-refractivity contribution in [3.8, 4) is 0 Å². The van der Waals surface area contributed by atoms with Crippen LogP contribution in [0.4, 0.5) is 0 Å². The summed E-state index contributed by atoms with van der Waals surface area (Å²) in [6.07, 6.45) is 0. The number of hydrogen-bond donors (Lipinski definition) is 0. The van der Waals surface area contributed by atoms with Crippen LogP contribution >= 0.6 is 17.6 Å². The lowest BCUT2D eigenvalue weighted by Crippen LogP contribution is -2.43. The van der Waals surface area contributed by atoms with E-state index in [-0.39, 0.29) is 14.4 Å². The van der Waals surface area contributed by atoms with Crippen molar-refractivity contribution in [3.63, 3.8) is 0 Å². The fourth-order valence-electron chi connectivity index (χ4n) is 1.25. The molecule has 2 aliphatic rings. The molecule has 7 heteroatoms. The lowest BCUT2D eigenvalue weighted by atomic mass is 9.93. The molecule has 0 atom stereocenters. The van der Waals surface area contributed by atoms with Crippen LogP contribution in [-0.4, -0.2) is 33.0 Å². The molecule has 0 unspecified atom stereocenters. The molecular formula is C7H14O5P2. The molecule has 5 nitrogen and oxygen atoms in total. The maximum absolute atomic E-state index is 5.48. The summed E-state index contributed by atoms with van der Waals surface area (Å²) in [7, 11) is -0.974. The predicted octanol–water partition coefficient (Wildman–Crippen LogP) is 1.84. The second-order valence-electron chi connectivity index (χ2n) is 3.35. The molecule has 0 aromatic carbocycles. The van der Waals surface area contributed by atoms with Crippen LogP contribution in [0.15, 0.2) is 0 Å². The molecule has 0 radical (unpaired) electrons. The summed E-state index contributed by atoms with van der Waals surface area (Å²) in [5, 5.41) is 0. The molecule has 2 saturated heterocycles. The highest BCUT2D eigenvalue weighted by molar-refractivity contribution is 7.41. The highest BCUT2D eigenvalue weighted by atomic mass is 31.2. The Hall–Kier alpha value is 0.660. The summed E-state index contributed by atoms with van der Waals surface area (Å²) in [5.41, 5.74) is -0.110. The number of hydrogen-bond acceptors (Lipinski definition) is 5. The van der Waals surface area contributed by atoms with Crippen LogP contribution in [0.1, 0.15) is 6.92 Å². The van der Waals surface area contributed by atoms with Crippen molar-refractivity contribution in [1.82, 2.24) is 0 Å². The van der Waals surface area contributed by atoms with Gasteiger partial charge in [-0.15, -0.1) is 0 Å². The van der Waals surface area contributed by atoms with Crippen LogP contribution in [0.2, 0.25) is 0 Å². The first-order chi connectivity index (χ1) is 6.85. The lowest BCUT2D eigenvalue weighted by molar-refractivity contribution is -0.0614. The molecular weight excluding hydrogens is 226 g/mol. The first kappa shape index (κ1) is 11.2. The minimum Gasteiger partial charge on any atom is -0.335 e. The van der Waals surface area contributed by atoms with E-state index in [1.165, 1.54) is 0 Å². The van der Waals surface area contributed by atoms with Gasteiger partial charge in [-0.3, -0.25) is 0 Å². The summed E-state index contributed by atoms with van der Waals surface area (Å²) in [4.78, 5) is 0. The van der Waals surface area contributed by atoms with Crippen LogP contribution in [0.5, 0.6) is 0 Å². The Bertz CT molecular complexity index is 175. The minimum atomic E-state index is -1.13. The zero-order chi connectivity index (χ0) is 9.86. The van der Waals surface area contributed by atoms with Crippen LogP contribution in [0.3, 0.4) is 0 Å². The second-order valence-corrected chi connectivity index (χ2v) is 5.31. The third-order valence-corrected chi connectivity index (χ3v) is 3.73. The van der Waals surface area contributed by atoms with Crippen molar-refractivity contribution in [1.29, 1.82) is 0 Å². The molecule has 2 heterocycles. The highest BCUT2D eigenvalue weighted by Gasteiger charge is 2.40. The quantitative estimate of drug-likeness (QED) is 0.689. The first-order valence-electron chi connectivity index (χ1n) is 4.52. The van der Waals surface area contributed by atoms with E-state index in [1.807, 2.05) is 6.92 Å². The van der Waals surface area contributed by atoms with Gasteiger partial charge in [0.05, 0.1) is 38.4 Å². The molecule has 0 bridgehead atoms. The minimum absolute atomic E-state index is 0.110. The van der Waals surface area contributed by atoms with Crippen molar-refractivity contribution < 1.29 is 22.6 Å². The molecule has 82 valence electrons. The van der Waals surface area contributed by atoms with Crippen molar-refractivity contribution in [2.75, 3.05) is 33.0 Å². The maximum atomic E-state index is 5.48. The molecule has 2 aliphatic heterocycles. The van der Waals surface area contributed by atoms with Gasteiger partial charge in [0.25, 0.3) is 0 Å². The Kier molecular flexibility index (Phi) is 4.09. The Labute approximate surface area is 86.3 Å². The van der Waals surface area contributed by atoms with Gasteiger partial charge in [-0.2, -0.15) is 0 Å². The highest BCUT2D eigenvalue weighted by Crippen LogP contribution is 2.48. The van der Waals surface area contributed by atoms with E-state index in [9.17, 15) is 0 Å². The Morgan fingerprint density at radius 2 is 1.86 bits per heavy atom. The van der Waals surface area contributed by atoms with E-state index in [2.05, 4.69) is 0 Å². The van der Waals surface area contributed by atoms with E-state index >= 15 is 0 Å². The van der Waals surface area contributed by atoms with Gasteiger partial charge in [-0.05, 0) is 6.92 Å². The first-order valence-corrected chi connectivity index (χ1v) is 6.43. The number of rotatable bonds is 2. The second kappa shape index (κ2) is 5.13. The summed E-state index contributed by atoms with van der Waals surface area (Å²) >= 11 is 0. The van der Waals surface area contributed by atoms with Crippen molar-refractivity contribution in [3.05, 3.63) is 0 Å². The van der Waals surface area contributed by atoms with Crippen molar-refractivity contribution >= 4 is 17.6 Å². The van der Waals surface area contributed by atoms with E-state index < -0.39 is 8.60 Å². The maximum Gasteiger partial charge on any atom is 0.332 e. The third kappa shape index (κ3) is 2.61. The zero-order valence-electron chi connectivity index (χ0n) is 8.02. The molecule has 2 rings (SSSR count). The molecule has 0 aromatic rings. The lowest BCUT2D eigenvalue weighted by Gasteiger charge is -2.39. The van der Waals surface area contributed by atoms with Crippen LogP contribution in [0.25, 0.3) is 0 Å². The van der Waals surface area contributed by atoms with Gasteiger partial charge in [-0.1, -0.05) is 0 Å². The van der Waals surface area contributed by atoms with Gasteiger partial charge < -0.3 is 22.6 Å². The molecule has 1 spiro atoms. The van der Waals surface area contributed by atoms with Crippen LogP contribution in [-0.2, 0) is 22.6 Å². The van der Waals surface area contributed by atoms with Gasteiger partial charge >= 0.3 is 8.60 Å². The fraction of sp³-hybridized carbons (Fsp3) is 1.00. The standard InChI is InChI=1S/C7H14O5P2/c1-2-10-14-11-5-7(6-12-14)3-8-13-9-4-7/h13H,2-6H2,1H3. The molecule has 0 aromatic heterocycles. The smallest absolute Gasteiger partial charge is 0.332 e. The largest absolute Gasteiger partial charge is 0.335 e. The Morgan fingerprint density at radius 1 is 1.21 bits per heavy atom. The average Bonchev–Trinajstić information content (AvgIpc) is 2.24. The molecule has 0 saturated carbocycles. The molecule has 2 fully saturated rings. The third-order valence-electron chi connectivity index (χ3n) is 2.06. The SMILES string of the molecule is CCOP1OCC2(COPOC2)CO1. The molecule has 0 aliphatic carbocycles. The van der Waals surface area contributed by atoms with Gasteiger partial charge in [0, 0.05) is 0 Å². The van der Waals surface area contributed by atoms with E-state index in [4.69, 9.17) is 22.6 Å². The van der Waals surface area contributed by atoms with Crippen molar-refractivity contribution in [2.24, 2.45) is 5.41 Å². The fourth-order valence-corrected chi connectivity index (χ4v) is 3.26. The van der Waals surface area contributed by atoms with E-state index in [1.54, 1.807) is 0 Å². The summed E-state index contributed by atoms with van der Waals surface area (Å²) in [6, 6.07) is 0. The van der Waals surface area contributed by atoms with Gasteiger partial charge in [0.15, 0.2) is 9.03 Å². The molecule has 14 heavy (non-hydrogen) atoms. The van der Waals surface area contributed by atoms with Crippen molar-refractivity contribution in [2.45, 2.75) is 6.92 Å². The van der Waals surface area contributed by atoms with Crippen LogP contribution in [0, 0.1) is 5.41 Å². The Morgan fingerprint density at radius 3 is 2.43 bits per heavy atom. The topological polar surface area (TPSA) is 46.2 Å². The van der Waals surface area contributed by atoms with Crippen LogP contribution < -0.4 is 0 Å². The van der Waals surface area contributed by atoms with Gasteiger partial charge in [0.2, 0.25) is 0 Å². The normalized spacial score (nSPS) is 40.5. The molecule has 0 N–H and O–H groups in total. The predicted molar refractivity (Wildman–Crippen MR) is 53.1 cm³/mol. The van der Waals surface area contributed by atoms with E-state index in [0.717, 1.165) is 0 Å². The Balaban J connectivity index is 1.81. The monoisotopic (exact) mass is 240 g/mol. The summed E-state index contributed by atoms with van der Waals surface area (Å²) < 4.78 is 26.7. The van der Waals surface area contributed by atoms with Gasteiger partial charge in [-0.25, -0.2) is 0 Å². The summed E-state index contributed by atoms with van der Waals surface area (Å²) in [6.45, 7) is 5.05. The summed E-state index contributed by atoms with van der Waals surface area (Å²) in [5.74, 6) is 0. The van der Waals surface area contributed by atoms with Gasteiger partial charge in [0.1, 0.15) is 0 Å². The van der Waals surface area contributed by atoms with E-state index in [0.29, 0.717) is 33.0 Å². The molecule has 0 amide bonds.